The summed E-state index contributed by atoms with van der Waals surface area (Å²) >= 11 is 0. The minimum atomic E-state index is 0.0690. The molecule has 4 aromatic rings. The minimum absolute atomic E-state index is 0.0690. The summed E-state index contributed by atoms with van der Waals surface area (Å²) in [5, 5.41) is 0. The number of amides is 1. The molecule has 0 radical (unpaired) electrons. The van der Waals surface area contributed by atoms with E-state index >= 15 is 0 Å². The summed E-state index contributed by atoms with van der Waals surface area (Å²) in [6.07, 6.45) is 2.75. The van der Waals surface area contributed by atoms with Gasteiger partial charge >= 0.3 is 0 Å². The molecule has 0 N–H and O–H groups in total. The minimum Gasteiger partial charge on any atom is -0.497 e. The molecule has 4 aromatic carbocycles. The van der Waals surface area contributed by atoms with Crippen LogP contribution in [0.4, 0.5) is 0 Å². The molecular formula is C35H36N2O2. The van der Waals surface area contributed by atoms with Crippen molar-refractivity contribution < 1.29 is 9.53 Å². The van der Waals surface area contributed by atoms with Gasteiger partial charge in [0.25, 0.3) is 0 Å². The van der Waals surface area contributed by atoms with Gasteiger partial charge in [-0.05, 0) is 77.3 Å². The van der Waals surface area contributed by atoms with Crippen molar-refractivity contribution in [2.24, 2.45) is 0 Å². The molecule has 1 unspecified atom stereocenters. The summed E-state index contributed by atoms with van der Waals surface area (Å²) in [6.45, 7) is 4.01. The number of nitrogens with zero attached hydrogens (tertiary/aromatic N) is 2. The first kappa shape index (κ1) is 25.4. The number of hydrogen-bond donors (Lipinski definition) is 0. The fourth-order valence-electron chi connectivity index (χ4n) is 6.46. The van der Waals surface area contributed by atoms with E-state index in [9.17, 15) is 4.79 Å². The average molecular weight is 517 g/mol. The first-order valence-corrected chi connectivity index (χ1v) is 14.0. The molecular weight excluding hydrogens is 480 g/mol. The maximum atomic E-state index is 14.3. The van der Waals surface area contributed by atoms with Crippen LogP contribution in [0.1, 0.15) is 45.0 Å². The summed E-state index contributed by atoms with van der Waals surface area (Å²) in [7, 11) is 1.69. The van der Waals surface area contributed by atoms with Crippen molar-refractivity contribution in [1.82, 2.24) is 9.80 Å². The summed E-state index contributed by atoms with van der Waals surface area (Å²) in [4.78, 5) is 18.9. The average Bonchev–Trinajstić information content (AvgIpc) is 3.40. The van der Waals surface area contributed by atoms with Gasteiger partial charge in [0, 0.05) is 19.1 Å². The van der Waals surface area contributed by atoms with Crippen LogP contribution in [-0.2, 0) is 30.6 Å². The standard InChI is InChI=1S/C35H36N2O2/c1-25-10-3-7-16-32(25)35-33-17-8-6-12-27(33)18-19-36(35)24-34(38)37(23-26-11-9-15-31(20-26)39-2)30-21-28-13-4-5-14-29(28)22-30/h3-17,20,30,35H,18-19,21-24H2,1-2H3. The highest BCUT2D eigenvalue weighted by Gasteiger charge is 2.35. The Labute approximate surface area is 231 Å². The van der Waals surface area contributed by atoms with E-state index in [2.05, 4.69) is 102 Å². The van der Waals surface area contributed by atoms with E-state index < -0.39 is 0 Å². The van der Waals surface area contributed by atoms with Crippen molar-refractivity contribution in [3.05, 3.63) is 136 Å². The van der Waals surface area contributed by atoms with Gasteiger partial charge in [0.2, 0.25) is 5.91 Å². The normalized spacial score (nSPS) is 16.9. The van der Waals surface area contributed by atoms with Gasteiger partial charge in [-0.15, -0.1) is 0 Å². The molecule has 39 heavy (non-hydrogen) atoms. The molecule has 4 heteroatoms. The van der Waals surface area contributed by atoms with Gasteiger partial charge in [-0.3, -0.25) is 9.69 Å². The molecule has 0 fully saturated rings. The highest BCUT2D eigenvalue weighted by molar-refractivity contribution is 5.79. The lowest BCUT2D eigenvalue weighted by atomic mass is 9.86. The molecule has 6 rings (SSSR count). The van der Waals surface area contributed by atoms with Crippen molar-refractivity contribution in [2.45, 2.75) is 44.8 Å². The molecule has 1 aliphatic carbocycles. The highest BCUT2D eigenvalue weighted by atomic mass is 16.5. The monoisotopic (exact) mass is 516 g/mol. The number of benzene rings is 4. The van der Waals surface area contributed by atoms with Gasteiger partial charge < -0.3 is 9.64 Å². The zero-order chi connectivity index (χ0) is 26.8. The summed E-state index contributed by atoms with van der Waals surface area (Å²) in [5.74, 6) is 1.01. The zero-order valence-electron chi connectivity index (χ0n) is 22.8. The Balaban J connectivity index is 1.32. The Bertz CT molecular complexity index is 1450. The van der Waals surface area contributed by atoms with E-state index in [0.29, 0.717) is 13.1 Å². The molecule has 0 aromatic heterocycles. The third kappa shape index (κ3) is 5.22. The van der Waals surface area contributed by atoms with E-state index in [1.165, 1.54) is 33.4 Å². The second kappa shape index (κ2) is 11.1. The number of carbonyl (C=O) groups is 1. The van der Waals surface area contributed by atoms with Gasteiger partial charge in [-0.2, -0.15) is 0 Å². The van der Waals surface area contributed by atoms with Crippen molar-refractivity contribution in [1.29, 1.82) is 0 Å². The number of carbonyl (C=O) groups excluding carboxylic acids is 1. The van der Waals surface area contributed by atoms with Crippen LogP contribution in [0.5, 0.6) is 5.75 Å². The Morgan fingerprint density at radius 2 is 1.51 bits per heavy atom. The van der Waals surface area contributed by atoms with E-state index in [-0.39, 0.29) is 18.0 Å². The number of hydrogen-bond acceptors (Lipinski definition) is 3. The third-order valence-corrected chi connectivity index (χ3v) is 8.48. The third-order valence-electron chi connectivity index (χ3n) is 8.48. The predicted molar refractivity (Wildman–Crippen MR) is 156 cm³/mol. The second-order valence-electron chi connectivity index (χ2n) is 10.9. The molecule has 0 spiro atoms. The predicted octanol–water partition coefficient (Wildman–Crippen LogP) is 6.15. The molecule has 0 saturated carbocycles. The summed E-state index contributed by atoms with van der Waals surface area (Å²) in [5.41, 5.74) is 9.05. The first-order chi connectivity index (χ1) is 19.1. The van der Waals surface area contributed by atoms with E-state index in [1.807, 2.05) is 12.1 Å². The van der Waals surface area contributed by atoms with Crippen LogP contribution in [0.15, 0.2) is 97.1 Å². The van der Waals surface area contributed by atoms with Crippen LogP contribution in [0.25, 0.3) is 0 Å². The molecule has 2 aliphatic rings. The van der Waals surface area contributed by atoms with Crippen LogP contribution >= 0.6 is 0 Å². The van der Waals surface area contributed by atoms with Crippen LogP contribution in [-0.4, -0.2) is 41.9 Å². The maximum absolute atomic E-state index is 14.3. The van der Waals surface area contributed by atoms with Gasteiger partial charge in [0.1, 0.15) is 5.75 Å². The van der Waals surface area contributed by atoms with Gasteiger partial charge in [-0.25, -0.2) is 0 Å². The van der Waals surface area contributed by atoms with Crippen LogP contribution in [0.2, 0.25) is 0 Å². The lowest BCUT2D eigenvalue weighted by Gasteiger charge is -2.39. The Kier molecular flexibility index (Phi) is 7.21. The largest absolute Gasteiger partial charge is 0.497 e. The van der Waals surface area contributed by atoms with Crippen LogP contribution in [0.3, 0.4) is 0 Å². The Morgan fingerprint density at radius 3 is 2.23 bits per heavy atom. The molecule has 198 valence electrons. The lowest BCUT2D eigenvalue weighted by molar-refractivity contribution is -0.135. The molecule has 1 aliphatic heterocycles. The van der Waals surface area contributed by atoms with E-state index in [0.717, 1.165) is 37.1 Å². The topological polar surface area (TPSA) is 32.8 Å². The number of methoxy groups -OCH3 is 1. The SMILES string of the molecule is COc1cccc(CN(C(=O)CN2CCc3ccccc3C2c2ccccc2C)C2Cc3ccccc3C2)c1. The second-order valence-corrected chi connectivity index (χ2v) is 10.9. The number of ether oxygens (including phenoxy) is 1. The van der Waals surface area contributed by atoms with Crippen LogP contribution in [0, 0.1) is 6.92 Å². The Morgan fingerprint density at radius 1 is 0.846 bits per heavy atom. The van der Waals surface area contributed by atoms with Crippen molar-refractivity contribution >= 4 is 5.91 Å². The zero-order valence-corrected chi connectivity index (χ0v) is 22.8. The van der Waals surface area contributed by atoms with Crippen LogP contribution < -0.4 is 4.74 Å². The van der Waals surface area contributed by atoms with Gasteiger partial charge in [-0.1, -0.05) is 84.9 Å². The number of aryl methyl sites for hydroxylation is 1. The molecule has 4 nitrogen and oxygen atoms in total. The molecule has 1 amide bonds. The fraction of sp³-hybridized carbons (Fsp3) is 0.286. The molecule has 1 atom stereocenters. The first-order valence-electron chi connectivity index (χ1n) is 14.0. The van der Waals surface area contributed by atoms with E-state index in [4.69, 9.17) is 4.74 Å². The maximum Gasteiger partial charge on any atom is 0.237 e. The summed E-state index contributed by atoms with van der Waals surface area (Å²) < 4.78 is 5.49. The summed E-state index contributed by atoms with van der Waals surface area (Å²) in [6, 6.07) is 34.3. The lowest BCUT2D eigenvalue weighted by Crippen LogP contribution is -2.48. The highest BCUT2D eigenvalue weighted by Crippen LogP contribution is 2.37. The number of rotatable bonds is 7. The van der Waals surface area contributed by atoms with Crippen molar-refractivity contribution in [3.63, 3.8) is 0 Å². The molecule has 0 saturated heterocycles. The smallest absolute Gasteiger partial charge is 0.237 e. The van der Waals surface area contributed by atoms with Gasteiger partial charge in [0.05, 0.1) is 19.7 Å². The van der Waals surface area contributed by atoms with E-state index in [1.54, 1.807) is 7.11 Å². The molecule has 1 heterocycles. The number of fused-ring (bicyclic) bond motifs is 2. The van der Waals surface area contributed by atoms with Crippen molar-refractivity contribution in [2.75, 3.05) is 20.2 Å². The van der Waals surface area contributed by atoms with Crippen molar-refractivity contribution in [3.8, 4) is 5.75 Å². The fourth-order valence-corrected chi connectivity index (χ4v) is 6.46. The Hall–Kier alpha value is -3.89. The quantitative estimate of drug-likeness (QED) is 0.296. The van der Waals surface area contributed by atoms with Gasteiger partial charge in [0.15, 0.2) is 0 Å². The molecule has 0 bridgehead atoms.